The predicted molar refractivity (Wildman–Crippen MR) is 161 cm³/mol. The van der Waals surface area contributed by atoms with Crippen molar-refractivity contribution in [1.29, 1.82) is 0 Å². The normalized spacial score (nSPS) is 25.9. The molecule has 6 rings (SSSR count). The quantitative estimate of drug-likeness (QED) is 0.287. The van der Waals surface area contributed by atoms with Crippen molar-refractivity contribution in [3.8, 4) is 0 Å². The largest absolute Gasteiger partial charge is 1.00 e. The standard InChI is InChI=1S/C38H43.3ClH.Ti/c1-24-15-25(2)19-30(18-24)38(31-20-26(3)16-27(4)21-31,32-22-28(5)17-29(6)23-32)37-35-13-9-7-11-33(35)34-12-8-10-14-36(34)37;;;;/h7,9,11,13-23,33-37H,8,10,12H2,1-6H3;3*1H;/q;;;;+3/p-3. The summed E-state index contributed by atoms with van der Waals surface area (Å²) < 4.78 is 0.725. The second-order valence-electron chi connectivity index (χ2n) is 13.2. The molecular formula is C38H43Cl3Ti. The first-order valence-corrected chi connectivity index (χ1v) is 15.9. The number of hydrogen-bond acceptors (Lipinski definition) is 0. The van der Waals surface area contributed by atoms with Gasteiger partial charge in [-0.3, -0.25) is 0 Å². The summed E-state index contributed by atoms with van der Waals surface area (Å²) >= 11 is 2.57. The van der Waals surface area contributed by atoms with E-state index in [-0.39, 0.29) is 42.6 Å². The van der Waals surface area contributed by atoms with E-state index in [0.717, 1.165) is 10.1 Å². The monoisotopic (exact) mass is 652 g/mol. The number of allylic oxidation sites excluding steroid dienone is 4. The Morgan fingerprint density at radius 3 is 1.33 bits per heavy atom. The van der Waals surface area contributed by atoms with E-state index in [9.17, 15) is 0 Å². The zero-order valence-electron chi connectivity index (χ0n) is 25.7. The molecule has 2 saturated carbocycles. The molecule has 42 heavy (non-hydrogen) atoms. The Hall–Kier alpha value is -1.28. The number of aryl methyl sites for hydroxylation is 6. The van der Waals surface area contributed by atoms with E-state index in [1.807, 2.05) is 0 Å². The number of rotatable bonds is 4. The first-order chi connectivity index (χ1) is 18.7. The molecule has 3 aromatic rings. The van der Waals surface area contributed by atoms with Gasteiger partial charge in [-0.15, -0.1) is 0 Å². The second-order valence-corrected chi connectivity index (χ2v) is 14.3. The summed E-state index contributed by atoms with van der Waals surface area (Å²) in [7, 11) is 0. The van der Waals surface area contributed by atoms with Gasteiger partial charge in [-0.1, -0.05) is 0 Å². The maximum Gasteiger partial charge on any atom is -1.00 e. The molecule has 0 aromatic heterocycles. The molecular weight excluding hydrogens is 611 g/mol. The zero-order valence-corrected chi connectivity index (χ0v) is 29.6. The number of fused-ring (bicyclic) bond motifs is 3. The molecule has 0 spiro atoms. The minimum Gasteiger partial charge on any atom is -1.00 e. The van der Waals surface area contributed by atoms with Crippen LogP contribution in [0, 0.1) is 71.1 Å². The van der Waals surface area contributed by atoms with Crippen LogP contribution in [0.4, 0.5) is 0 Å². The summed E-state index contributed by atoms with van der Waals surface area (Å²) in [4.78, 5) is 0. The predicted octanol–water partition coefficient (Wildman–Crippen LogP) is 0.623. The van der Waals surface area contributed by atoms with Crippen LogP contribution in [0.1, 0.15) is 69.3 Å². The fraction of sp³-hybridized carbons (Fsp3) is 0.421. The SMILES string of the molecule is Cc1cc(C)cc(C(c2cc(C)cc(C)c2)(c2cc(C)cc(C)c2)C2C3C=CC=CC3C3CCC[CH]([Ti+3])C32)c1.[Cl-].[Cl-].[Cl-]. The Bertz CT molecular complexity index is 1290. The molecule has 0 nitrogen and oxygen atoms in total. The first kappa shape index (κ1) is 35.2. The summed E-state index contributed by atoms with van der Waals surface area (Å²) in [5, 5.41) is 0. The molecule has 0 bridgehead atoms. The molecule has 6 unspecified atom stereocenters. The molecule has 2 fully saturated rings. The molecule has 0 N–H and O–H groups in total. The molecule has 4 heteroatoms. The molecule has 3 aliphatic carbocycles. The molecule has 3 aromatic carbocycles. The van der Waals surface area contributed by atoms with Gasteiger partial charge in [0.25, 0.3) is 0 Å². The average Bonchev–Trinajstić information content (AvgIpc) is 3.19. The molecule has 0 saturated heterocycles. The summed E-state index contributed by atoms with van der Waals surface area (Å²) in [6.07, 6.45) is 14.0. The summed E-state index contributed by atoms with van der Waals surface area (Å²) in [5.41, 5.74) is 12.4. The van der Waals surface area contributed by atoms with Crippen molar-refractivity contribution >= 4 is 0 Å². The van der Waals surface area contributed by atoms with Crippen LogP contribution >= 0.6 is 0 Å². The van der Waals surface area contributed by atoms with Crippen molar-refractivity contribution in [3.05, 3.63) is 129 Å². The van der Waals surface area contributed by atoms with Gasteiger partial charge >= 0.3 is 249 Å². The van der Waals surface area contributed by atoms with Crippen molar-refractivity contribution in [2.24, 2.45) is 29.6 Å². The summed E-state index contributed by atoms with van der Waals surface area (Å²) in [6, 6.07) is 22.2. The van der Waals surface area contributed by atoms with Crippen molar-refractivity contribution in [2.75, 3.05) is 0 Å². The van der Waals surface area contributed by atoms with Crippen LogP contribution in [0.3, 0.4) is 0 Å². The van der Waals surface area contributed by atoms with E-state index in [1.165, 1.54) is 69.3 Å². The molecule has 3 aliphatic rings. The summed E-state index contributed by atoms with van der Waals surface area (Å²) in [6.45, 7) is 13.7. The molecule has 6 atom stereocenters. The maximum atomic E-state index is 2.60. The van der Waals surface area contributed by atoms with E-state index in [2.05, 4.69) is 141 Å². The van der Waals surface area contributed by atoms with E-state index in [1.54, 1.807) is 0 Å². The number of benzene rings is 3. The Morgan fingerprint density at radius 1 is 0.548 bits per heavy atom. The molecule has 0 radical (unpaired) electrons. The Morgan fingerprint density at radius 2 is 0.929 bits per heavy atom. The summed E-state index contributed by atoms with van der Waals surface area (Å²) in [5.74, 6) is 3.10. The topological polar surface area (TPSA) is 0 Å². The van der Waals surface area contributed by atoms with Crippen LogP contribution in [0.2, 0.25) is 4.22 Å². The van der Waals surface area contributed by atoms with E-state index < -0.39 is 0 Å². The Kier molecular flexibility index (Phi) is 11.6. The van der Waals surface area contributed by atoms with Gasteiger partial charge in [0.15, 0.2) is 0 Å². The Labute approximate surface area is 284 Å². The van der Waals surface area contributed by atoms with Crippen LogP contribution in [-0.4, -0.2) is 0 Å². The number of halogens is 3. The van der Waals surface area contributed by atoms with Crippen LogP contribution in [0.5, 0.6) is 0 Å². The Balaban J connectivity index is 0.00000161. The van der Waals surface area contributed by atoms with Crippen LogP contribution in [0.15, 0.2) is 78.9 Å². The third kappa shape index (κ3) is 6.01. The smallest absolute Gasteiger partial charge is 1.00 e. The molecule has 0 aliphatic heterocycles. The van der Waals surface area contributed by atoms with Crippen molar-refractivity contribution in [2.45, 2.75) is 70.4 Å². The van der Waals surface area contributed by atoms with Gasteiger partial charge in [-0.05, 0) is 0 Å². The molecule has 0 amide bonds. The minimum absolute atomic E-state index is 0. The fourth-order valence-corrected chi connectivity index (χ4v) is 10.2. The van der Waals surface area contributed by atoms with E-state index in [0.29, 0.717) is 23.7 Å². The van der Waals surface area contributed by atoms with Gasteiger partial charge in [0.2, 0.25) is 0 Å². The first-order valence-electron chi connectivity index (χ1n) is 15.0. The van der Waals surface area contributed by atoms with Crippen LogP contribution in [-0.2, 0) is 25.9 Å². The van der Waals surface area contributed by atoms with Crippen LogP contribution < -0.4 is 37.2 Å². The average molecular weight is 654 g/mol. The van der Waals surface area contributed by atoms with Gasteiger partial charge in [-0.25, -0.2) is 0 Å². The van der Waals surface area contributed by atoms with Gasteiger partial charge in [0.05, 0.1) is 0 Å². The van der Waals surface area contributed by atoms with Gasteiger partial charge < -0.3 is 37.2 Å². The van der Waals surface area contributed by atoms with Gasteiger partial charge in [-0.2, -0.15) is 0 Å². The maximum absolute atomic E-state index is 2.60. The van der Waals surface area contributed by atoms with E-state index >= 15 is 0 Å². The van der Waals surface area contributed by atoms with Crippen molar-refractivity contribution in [1.82, 2.24) is 0 Å². The second kappa shape index (κ2) is 13.8. The molecule has 220 valence electrons. The third-order valence-corrected chi connectivity index (χ3v) is 11.1. The number of hydrogen-bond donors (Lipinski definition) is 0. The van der Waals surface area contributed by atoms with Gasteiger partial charge in [0, 0.05) is 0 Å². The van der Waals surface area contributed by atoms with E-state index in [4.69, 9.17) is 0 Å². The minimum atomic E-state index is -0.228. The van der Waals surface area contributed by atoms with Crippen LogP contribution in [0.25, 0.3) is 0 Å². The zero-order chi connectivity index (χ0) is 27.5. The fourth-order valence-electron chi connectivity index (χ4n) is 9.17. The van der Waals surface area contributed by atoms with Gasteiger partial charge in [0.1, 0.15) is 0 Å². The third-order valence-electron chi connectivity index (χ3n) is 10.1. The molecule has 0 heterocycles. The van der Waals surface area contributed by atoms with Crippen molar-refractivity contribution in [3.63, 3.8) is 0 Å². The van der Waals surface area contributed by atoms with Crippen molar-refractivity contribution < 1.29 is 57.7 Å².